The minimum Gasteiger partial charge on any atom is -0.486 e. The Kier molecular flexibility index (Phi) is 4.47. The van der Waals surface area contributed by atoms with E-state index in [4.69, 9.17) is 14.0 Å². The van der Waals surface area contributed by atoms with Gasteiger partial charge < -0.3 is 19.3 Å². The van der Waals surface area contributed by atoms with Gasteiger partial charge in [-0.2, -0.15) is 0 Å². The highest BCUT2D eigenvalue weighted by atomic mass is 16.6. The van der Waals surface area contributed by atoms with E-state index in [1.54, 1.807) is 6.07 Å². The maximum atomic E-state index is 12.5. The van der Waals surface area contributed by atoms with Crippen molar-refractivity contribution >= 4 is 5.91 Å². The number of hydrogen-bond acceptors (Lipinski definition) is 6. The van der Waals surface area contributed by atoms with Crippen LogP contribution in [0.2, 0.25) is 0 Å². The monoisotopic (exact) mass is 383 g/mol. The molecule has 1 aromatic heterocycles. The van der Waals surface area contributed by atoms with Crippen molar-refractivity contribution in [1.29, 1.82) is 0 Å². The van der Waals surface area contributed by atoms with E-state index in [0.717, 1.165) is 49.7 Å². The molecular weight excluding hydrogens is 358 g/mol. The van der Waals surface area contributed by atoms with Crippen molar-refractivity contribution in [2.45, 2.75) is 38.3 Å². The third-order valence-corrected chi connectivity index (χ3v) is 5.76. The lowest BCUT2D eigenvalue weighted by Crippen LogP contribution is -2.40. The van der Waals surface area contributed by atoms with Crippen molar-refractivity contribution in [3.8, 4) is 11.5 Å². The molecule has 1 saturated heterocycles. The molecule has 1 aliphatic carbocycles. The molecule has 3 heterocycles. The Morgan fingerprint density at radius 2 is 2.00 bits per heavy atom. The number of carbonyl (C=O) groups is 1. The van der Waals surface area contributed by atoms with Crippen molar-refractivity contribution in [2.24, 2.45) is 5.92 Å². The molecule has 2 atom stereocenters. The molecule has 2 unspecified atom stereocenters. The number of nitrogens with one attached hydrogen (secondary N) is 1. The van der Waals surface area contributed by atoms with E-state index < -0.39 is 0 Å². The number of fused-ring (bicyclic) bond motifs is 1. The van der Waals surface area contributed by atoms with Crippen LogP contribution in [0.3, 0.4) is 0 Å². The van der Waals surface area contributed by atoms with E-state index in [9.17, 15) is 4.79 Å². The fraction of sp³-hybridized carbons (Fsp3) is 0.524. The Balaban J connectivity index is 1.19. The molecule has 1 aromatic carbocycles. The van der Waals surface area contributed by atoms with E-state index in [0.29, 0.717) is 30.7 Å². The van der Waals surface area contributed by atoms with Crippen LogP contribution in [0.25, 0.3) is 0 Å². The summed E-state index contributed by atoms with van der Waals surface area (Å²) in [6.45, 7) is 5.94. The fourth-order valence-corrected chi connectivity index (χ4v) is 4.03. The van der Waals surface area contributed by atoms with Crippen molar-refractivity contribution in [2.75, 3.05) is 26.3 Å². The summed E-state index contributed by atoms with van der Waals surface area (Å²) in [6, 6.07) is 8.01. The van der Waals surface area contributed by atoms with Gasteiger partial charge in [-0.3, -0.25) is 9.69 Å². The highest BCUT2D eigenvalue weighted by molar-refractivity contribution is 5.92. The van der Waals surface area contributed by atoms with Gasteiger partial charge in [-0.15, -0.1) is 0 Å². The van der Waals surface area contributed by atoms with Crippen LogP contribution in [-0.2, 0) is 6.54 Å². The SMILES string of the molecule is CC1CN(Cc2ccc3c(c2)OCCO3)CC1NC(=O)c1cc(C2CC2)on1. The highest BCUT2D eigenvalue weighted by Crippen LogP contribution is 2.40. The summed E-state index contributed by atoms with van der Waals surface area (Å²) in [5, 5.41) is 7.08. The zero-order chi connectivity index (χ0) is 19.1. The van der Waals surface area contributed by atoms with Gasteiger partial charge in [-0.05, 0) is 36.5 Å². The maximum absolute atomic E-state index is 12.5. The summed E-state index contributed by atoms with van der Waals surface area (Å²) in [7, 11) is 0. The second-order valence-corrected chi connectivity index (χ2v) is 8.12. The molecule has 0 spiro atoms. The molecule has 5 rings (SSSR count). The summed E-state index contributed by atoms with van der Waals surface area (Å²) < 4.78 is 16.6. The molecular formula is C21H25N3O4. The largest absolute Gasteiger partial charge is 0.486 e. The average Bonchev–Trinajstić information content (AvgIpc) is 3.33. The number of hydrogen-bond donors (Lipinski definition) is 1. The number of aromatic nitrogens is 1. The first-order valence-electron chi connectivity index (χ1n) is 10.0. The number of benzene rings is 1. The van der Waals surface area contributed by atoms with Crippen LogP contribution < -0.4 is 14.8 Å². The van der Waals surface area contributed by atoms with E-state index in [1.165, 1.54) is 5.56 Å². The Bertz CT molecular complexity index is 876. The van der Waals surface area contributed by atoms with E-state index in [2.05, 4.69) is 34.4 Å². The number of carbonyl (C=O) groups excluding carboxylic acids is 1. The minimum absolute atomic E-state index is 0.103. The quantitative estimate of drug-likeness (QED) is 0.855. The van der Waals surface area contributed by atoms with Gasteiger partial charge in [-0.25, -0.2) is 0 Å². The van der Waals surface area contributed by atoms with E-state index >= 15 is 0 Å². The number of ether oxygens (including phenoxy) is 2. The molecule has 2 fully saturated rings. The topological polar surface area (TPSA) is 76.8 Å². The standard InChI is InChI=1S/C21H25N3O4/c1-13-10-24(11-14-2-5-18-20(8-14)27-7-6-26-18)12-17(13)22-21(25)16-9-19(28-23-16)15-3-4-15/h2,5,8-9,13,15,17H,3-4,6-7,10-12H2,1H3,(H,22,25). The predicted octanol–water partition coefficient (Wildman–Crippen LogP) is 2.57. The van der Waals surface area contributed by atoms with E-state index in [1.807, 2.05) is 6.07 Å². The molecule has 0 radical (unpaired) electrons. The van der Waals surface area contributed by atoms with Crippen LogP contribution in [0, 0.1) is 5.92 Å². The van der Waals surface area contributed by atoms with Gasteiger partial charge >= 0.3 is 0 Å². The van der Waals surface area contributed by atoms with Crippen LogP contribution in [-0.4, -0.2) is 48.3 Å². The first kappa shape index (κ1) is 17.6. The van der Waals surface area contributed by atoms with Crippen LogP contribution in [0.1, 0.15) is 47.5 Å². The van der Waals surface area contributed by atoms with Gasteiger partial charge in [-0.1, -0.05) is 18.1 Å². The first-order chi connectivity index (χ1) is 13.7. The Morgan fingerprint density at radius 3 is 2.82 bits per heavy atom. The molecule has 2 aliphatic heterocycles. The number of nitrogens with zero attached hydrogens (tertiary/aromatic N) is 2. The molecule has 1 saturated carbocycles. The molecule has 3 aliphatic rings. The van der Waals surface area contributed by atoms with Gasteiger partial charge in [0.2, 0.25) is 0 Å². The zero-order valence-electron chi connectivity index (χ0n) is 16.0. The molecule has 7 nitrogen and oxygen atoms in total. The lowest BCUT2D eigenvalue weighted by molar-refractivity contribution is 0.0922. The van der Waals surface area contributed by atoms with Crippen LogP contribution in [0.4, 0.5) is 0 Å². The number of likely N-dealkylation sites (tertiary alicyclic amines) is 1. The summed E-state index contributed by atoms with van der Waals surface area (Å²) in [4.78, 5) is 14.9. The minimum atomic E-state index is -0.145. The van der Waals surface area contributed by atoms with Gasteiger partial charge in [0, 0.05) is 37.7 Å². The third kappa shape index (κ3) is 3.58. The van der Waals surface area contributed by atoms with Crippen molar-refractivity contribution in [3.63, 3.8) is 0 Å². The summed E-state index contributed by atoms with van der Waals surface area (Å²) in [5.74, 6) is 3.15. The molecule has 28 heavy (non-hydrogen) atoms. The molecule has 1 amide bonds. The van der Waals surface area contributed by atoms with Crippen molar-refractivity contribution < 1.29 is 18.8 Å². The number of rotatable bonds is 5. The summed E-state index contributed by atoms with van der Waals surface area (Å²) in [6.07, 6.45) is 2.26. The number of amides is 1. The molecule has 148 valence electrons. The smallest absolute Gasteiger partial charge is 0.273 e. The lowest BCUT2D eigenvalue weighted by atomic mass is 10.1. The van der Waals surface area contributed by atoms with Crippen LogP contribution in [0.5, 0.6) is 11.5 Å². The van der Waals surface area contributed by atoms with Gasteiger partial charge in [0.25, 0.3) is 5.91 Å². The summed E-state index contributed by atoms with van der Waals surface area (Å²) >= 11 is 0. The molecule has 0 bridgehead atoms. The normalized spacial score (nSPS) is 24.3. The zero-order valence-corrected chi connectivity index (χ0v) is 16.0. The maximum Gasteiger partial charge on any atom is 0.273 e. The predicted molar refractivity (Wildman–Crippen MR) is 102 cm³/mol. The molecule has 7 heteroatoms. The molecule has 1 N–H and O–H groups in total. The summed E-state index contributed by atoms with van der Waals surface area (Å²) in [5.41, 5.74) is 1.58. The Morgan fingerprint density at radius 1 is 1.18 bits per heavy atom. The third-order valence-electron chi connectivity index (χ3n) is 5.76. The molecule has 2 aromatic rings. The van der Waals surface area contributed by atoms with Crippen LogP contribution in [0.15, 0.2) is 28.8 Å². The lowest BCUT2D eigenvalue weighted by Gasteiger charge is -2.21. The van der Waals surface area contributed by atoms with Crippen LogP contribution >= 0.6 is 0 Å². The van der Waals surface area contributed by atoms with Gasteiger partial charge in [0.05, 0.1) is 0 Å². The second-order valence-electron chi connectivity index (χ2n) is 8.12. The van der Waals surface area contributed by atoms with Gasteiger partial charge in [0.15, 0.2) is 17.2 Å². The highest BCUT2D eigenvalue weighted by Gasteiger charge is 2.33. The van der Waals surface area contributed by atoms with Gasteiger partial charge in [0.1, 0.15) is 19.0 Å². The van der Waals surface area contributed by atoms with Crippen molar-refractivity contribution in [1.82, 2.24) is 15.4 Å². The Labute approximate surface area is 164 Å². The fourth-order valence-electron chi connectivity index (χ4n) is 4.03. The van der Waals surface area contributed by atoms with Crippen molar-refractivity contribution in [3.05, 3.63) is 41.3 Å². The first-order valence-corrected chi connectivity index (χ1v) is 10.0. The Hall–Kier alpha value is -2.54. The van der Waals surface area contributed by atoms with E-state index in [-0.39, 0.29) is 11.9 Å². The average molecular weight is 383 g/mol. The second kappa shape index (κ2) is 7.13.